The van der Waals surface area contributed by atoms with Gasteiger partial charge in [-0.15, -0.1) is 5.06 Å². The Kier molecular flexibility index (Phi) is 25.2. The summed E-state index contributed by atoms with van der Waals surface area (Å²) in [5, 5.41) is 1.88. The lowest BCUT2D eigenvalue weighted by molar-refractivity contribution is -0.191. The van der Waals surface area contributed by atoms with E-state index in [9.17, 15) is 9.59 Å². The number of hydrogen-bond donors (Lipinski definition) is 0. The Labute approximate surface area is 218 Å². The maximum Gasteiger partial charge on any atom is 0.324 e. The Morgan fingerprint density at radius 1 is 0.600 bits per heavy atom. The second kappa shape index (κ2) is 26.0. The first kappa shape index (κ1) is 33.9. The number of carbonyl (C=O) groups is 2. The van der Waals surface area contributed by atoms with Crippen molar-refractivity contribution < 1.29 is 19.2 Å². The molecule has 0 heterocycles. The van der Waals surface area contributed by atoms with Gasteiger partial charge in [0, 0.05) is 19.5 Å². The topological polar surface area (TPSA) is 55.8 Å². The molecule has 0 aromatic carbocycles. The van der Waals surface area contributed by atoms with Crippen LogP contribution in [0.3, 0.4) is 0 Å². The van der Waals surface area contributed by atoms with Crippen molar-refractivity contribution in [2.45, 2.75) is 156 Å². The summed E-state index contributed by atoms with van der Waals surface area (Å²) in [6, 6.07) is 0. The molecular weight excluding hydrogens is 438 g/mol. The molecule has 1 unspecified atom stereocenters. The summed E-state index contributed by atoms with van der Waals surface area (Å²) in [6.45, 7) is 10.7. The van der Waals surface area contributed by atoms with Gasteiger partial charge in [-0.25, -0.2) is 0 Å². The average Bonchev–Trinajstić information content (AvgIpc) is 2.86. The van der Waals surface area contributed by atoms with Crippen LogP contribution in [-0.4, -0.2) is 36.7 Å². The maximum atomic E-state index is 12.5. The van der Waals surface area contributed by atoms with Crippen molar-refractivity contribution in [3.8, 4) is 0 Å². The molecule has 0 fully saturated rings. The van der Waals surface area contributed by atoms with E-state index in [1.807, 2.05) is 12.0 Å². The highest BCUT2D eigenvalue weighted by molar-refractivity contribution is 5.72. The third kappa shape index (κ3) is 21.9. The van der Waals surface area contributed by atoms with Gasteiger partial charge in [-0.05, 0) is 32.1 Å². The summed E-state index contributed by atoms with van der Waals surface area (Å²) < 4.78 is 5.63. The Morgan fingerprint density at radius 2 is 1.09 bits per heavy atom. The van der Waals surface area contributed by atoms with Crippen molar-refractivity contribution in [3.63, 3.8) is 0 Å². The van der Waals surface area contributed by atoms with Crippen molar-refractivity contribution in [1.82, 2.24) is 5.06 Å². The largest absolute Gasteiger partial charge is 0.465 e. The van der Waals surface area contributed by atoms with Gasteiger partial charge in [-0.3, -0.25) is 9.59 Å². The number of unbranched alkanes of at least 4 members (excludes halogenated alkanes) is 13. The van der Waals surface area contributed by atoms with Crippen LogP contribution in [0.5, 0.6) is 0 Å². The van der Waals surface area contributed by atoms with Gasteiger partial charge in [0.15, 0.2) is 0 Å². The molecule has 0 radical (unpaired) electrons. The van der Waals surface area contributed by atoms with E-state index in [0.29, 0.717) is 13.0 Å². The highest BCUT2D eigenvalue weighted by atomic mass is 16.7. The first-order chi connectivity index (χ1) is 17.1. The SMILES string of the molecule is CCCCCCCN(CCCCCCCCOC(=O)C(CCCC)CCCCCC)OC(=O)CC. The van der Waals surface area contributed by atoms with E-state index in [1.54, 1.807) is 0 Å². The third-order valence-electron chi connectivity index (χ3n) is 6.72. The average molecular weight is 498 g/mol. The van der Waals surface area contributed by atoms with E-state index in [4.69, 9.17) is 9.57 Å². The zero-order valence-corrected chi connectivity index (χ0v) is 23.9. The maximum absolute atomic E-state index is 12.5. The molecule has 0 aromatic rings. The molecule has 0 aromatic heterocycles. The summed E-state index contributed by atoms with van der Waals surface area (Å²) in [5.41, 5.74) is 0. The van der Waals surface area contributed by atoms with Gasteiger partial charge in [-0.1, -0.05) is 118 Å². The lowest BCUT2D eigenvalue weighted by Gasteiger charge is -2.21. The quantitative estimate of drug-likeness (QED) is 0.0679. The molecule has 0 bridgehead atoms. The summed E-state index contributed by atoms with van der Waals surface area (Å²) >= 11 is 0. The lowest BCUT2D eigenvalue weighted by atomic mass is 9.95. The number of nitrogens with zero attached hydrogens (tertiary/aromatic N) is 1. The van der Waals surface area contributed by atoms with Crippen molar-refractivity contribution in [1.29, 1.82) is 0 Å². The molecule has 0 saturated heterocycles. The molecular formula is C30H59NO4. The van der Waals surface area contributed by atoms with Crippen LogP contribution in [0.4, 0.5) is 0 Å². The monoisotopic (exact) mass is 497 g/mol. The van der Waals surface area contributed by atoms with Gasteiger partial charge in [0.1, 0.15) is 0 Å². The molecule has 1 atom stereocenters. The number of carbonyl (C=O) groups excluding carboxylic acids is 2. The number of ether oxygens (including phenoxy) is 1. The Morgan fingerprint density at radius 3 is 1.66 bits per heavy atom. The van der Waals surface area contributed by atoms with E-state index in [2.05, 4.69) is 20.8 Å². The van der Waals surface area contributed by atoms with Gasteiger partial charge in [-0.2, -0.15) is 0 Å². The third-order valence-corrected chi connectivity index (χ3v) is 6.72. The molecule has 5 heteroatoms. The van der Waals surface area contributed by atoms with Crippen molar-refractivity contribution >= 4 is 11.9 Å². The molecule has 208 valence electrons. The lowest BCUT2D eigenvalue weighted by Crippen LogP contribution is -2.29. The van der Waals surface area contributed by atoms with Crippen LogP contribution in [0.25, 0.3) is 0 Å². The minimum absolute atomic E-state index is 0.0337. The first-order valence-corrected chi connectivity index (χ1v) is 15.2. The van der Waals surface area contributed by atoms with Gasteiger partial charge >= 0.3 is 11.9 Å². The number of rotatable bonds is 26. The Bertz CT molecular complexity index is 483. The number of hydrogen-bond acceptors (Lipinski definition) is 5. The summed E-state index contributed by atoms with van der Waals surface area (Å²) in [4.78, 5) is 29.7. The molecule has 0 aliphatic heterocycles. The van der Waals surface area contributed by atoms with E-state index < -0.39 is 0 Å². The van der Waals surface area contributed by atoms with Gasteiger partial charge in [0.25, 0.3) is 0 Å². The smallest absolute Gasteiger partial charge is 0.324 e. The molecule has 0 aliphatic rings. The molecule has 0 rings (SSSR count). The van der Waals surface area contributed by atoms with E-state index in [1.165, 1.54) is 57.8 Å². The number of hydroxylamine groups is 2. The molecule has 0 N–H and O–H groups in total. The van der Waals surface area contributed by atoms with E-state index in [0.717, 1.165) is 77.3 Å². The fraction of sp³-hybridized carbons (Fsp3) is 0.933. The minimum Gasteiger partial charge on any atom is -0.465 e. The molecule has 0 amide bonds. The van der Waals surface area contributed by atoms with Gasteiger partial charge in [0.2, 0.25) is 0 Å². The summed E-state index contributed by atoms with van der Waals surface area (Å²) in [6.07, 6.45) is 22.2. The zero-order valence-electron chi connectivity index (χ0n) is 23.9. The molecule has 5 nitrogen and oxygen atoms in total. The molecule has 0 aliphatic carbocycles. The molecule has 0 saturated carbocycles. The molecule has 35 heavy (non-hydrogen) atoms. The normalized spacial score (nSPS) is 12.1. The van der Waals surface area contributed by atoms with Crippen LogP contribution in [0.15, 0.2) is 0 Å². The van der Waals surface area contributed by atoms with Crippen LogP contribution in [0.2, 0.25) is 0 Å². The van der Waals surface area contributed by atoms with Crippen molar-refractivity contribution in [2.75, 3.05) is 19.7 Å². The second-order valence-electron chi connectivity index (χ2n) is 10.1. The Hall–Kier alpha value is -1.10. The molecule has 0 spiro atoms. The fourth-order valence-electron chi connectivity index (χ4n) is 4.34. The van der Waals surface area contributed by atoms with Gasteiger partial charge in [0.05, 0.1) is 12.5 Å². The zero-order chi connectivity index (χ0) is 26.0. The fourth-order valence-corrected chi connectivity index (χ4v) is 4.34. The van der Waals surface area contributed by atoms with Crippen LogP contribution in [0.1, 0.15) is 156 Å². The predicted octanol–water partition coefficient (Wildman–Crippen LogP) is 8.79. The van der Waals surface area contributed by atoms with Crippen molar-refractivity contribution in [2.24, 2.45) is 5.92 Å². The minimum atomic E-state index is -0.133. The summed E-state index contributed by atoms with van der Waals surface area (Å²) in [5.74, 6) is 0.000522. The highest BCUT2D eigenvalue weighted by Crippen LogP contribution is 2.19. The number of esters is 1. The highest BCUT2D eigenvalue weighted by Gasteiger charge is 2.19. The van der Waals surface area contributed by atoms with Crippen LogP contribution >= 0.6 is 0 Å². The predicted molar refractivity (Wildman–Crippen MR) is 147 cm³/mol. The van der Waals surface area contributed by atoms with Crippen LogP contribution in [-0.2, 0) is 19.2 Å². The van der Waals surface area contributed by atoms with E-state index in [-0.39, 0.29) is 17.9 Å². The standard InChI is InChI=1S/C30H59NO4/c1-5-9-12-16-20-25-31(35-29(32)8-4)26-21-17-14-15-18-22-27-34-30(33)28(23-11-7-3)24-19-13-10-6-2/h28H,5-27H2,1-4H3. The van der Waals surface area contributed by atoms with E-state index >= 15 is 0 Å². The first-order valence-electron chi connectivity index (χ1n) is 15.2. The summed E-state index contributed by atoms with van der Waals surface area (Å²) in [7, 11) is 0. The van der Waals surface area contributed by atoms with Crippen molar-refractivity contribution in [3.05, 3.63) is 0 Å². The van der Waals surface area contributed by atoms with Crippen LogP contribution < -0.4 is 0 Å². The Balaban J connectivity index is 3.94. The van der Waals surface area contributed by atoms with Gasteiger partial charge < -0.3 is 9.57 Å². The second-order valence-corrected chi connectivity index (χ2v) is 10.1. The van der Waals surface area contributed by atoms with Crippen LogP contribution in [0, 0.1) is 5.92 Å².